The first kappa shape index (κ1) is 20.9. The Morgan fingerprint density at radius 1 is 1.06 bits per heavy atom. The molecule has 1 saturated heterocycles. The van der Waals surface area contributed by atoms with Gasteiger partial charge in [0.05, 0.1) is 17.3 Å². The maximum Gasteiger partial charge on any atom is 0.335 e. The fourth-order valence-electron chi connectivity index (χ4n) is 4.10. The third kappa shape index (κ3) is 3.99. The molecular formula is C26H21N3O3S. The highest BCUT2D eigenvalue weighted by atomic mass is 32.1. The van der Waals surface area contributed by atoms with Crippen LogP contribution in [-0.2, 0) is 0 Å². The number of anilines is 1. The van der Waals surface area contributed by atoms with Crippen molar-refractivity contribution in [1.82, 2.24) is 10.3 Å². The molecule has 7 heteroatoms. The zero-order chi connectivity index (χ0) is 22.9. The third-order valence-corrected chi connectivity index (χ3v) is 6.04. The molecule has 33 heavy (non-hydrogen) atoms. The number of aromatic carboxylic acids is 1. The number of hydrogen-bond donors (Lipinski definition) is 2. The fourth-order valence-corrected chi connectivity index (χ4v) is 4.45. The van der Waals surface area contributed by atoms with Gasteiger partial charge in [-0.3, -0.25) is 4.98 Å². The monoisotopic (exact) mass is 455 g/mol. The number of hydrogen-bond acceptors (Lipinski definition) is 4. The molecule has 0 aliphatic carbocycles. The number of thiocarbonyl (C=S) groups is 1. The number of carbonyl (C=O) groups is 1. The Balaban J connectivity index is 1.58. The maximum atomic E-state index is 11.4. The highest BCUT2D eigenvalue weighted by Gasteiger charge is 2.42. The van der Waals surface area contributed by atoms with Gasteiger partial charge in [-0.15, -0.1) is 0 Å². The molecule has 0 amide bonds. The van der Waals surface area contributed by atoms with Crippen molar-refractivity contribution in [2.24, 2.45) is 0 Å². The van der Waals surface area contributed by atoms with Gasteiger partial charge in [-0.05, 0) is 67.7 Å². The molecule has 6 nitrogen and oxygen atoms in total. The number of carboxylic acids is 1. The van der Waals surface area contributed by atoms with Crippen LogP contribution in [0, 0.1) is 6.92 Å². The normalized spacial score (nSPS) is 17.7. The molecule has 2 aromatic carbocycles. The number of aryl methyl sites for hydroxylation is 1. The van der Waals surface area contributed by atoms with Gasteiger partial charge in [0, 0.05) is 17.4 Å². The first-order chi connectivity index (χ1) is 16.0. The number of furan rings is 1. The Kier molecular flexibility index (Phi) is 5.40. The van der Waals surface area contributed by atoms with Crippen LogP contribution >= 0.6 is 12.2 Å². The summed E-state index contributed by atoms with van der Waals surface area (Å²) >= 11 is 5.74. The van der Waals surface area contributed by atoms with E-state index in [0.717, 1.165) is 16.9 Å². The zero-order valence-corrected chi connectivity index (χ0v) is 18.6. The number of carboxylic acid groups (broad SMARTS) is 1. The molecule has 0 unspecified atom stereocenters. The van der Waals surface area contributed by atoms with Crippen LogP contribution in [0.2, 0.25) is 0 Å². The summed E-state index contributed by atoms with van der Waals surface area (Å²) in [7, 11) is 0. The number of pyridine rings is 1. The molecule has 4 aromatic rings. The lowest BCUT2D eigenvalue weighted by Crippen LogP contribution is -2.29. The van der Waals surface area contributed by atoms with Crippen LogP contribution < -0.4 is 10.2 Å². The Labute approximate surface area is 196 Å². The number of nitrogens with one attached hydrogen (secondary N) is 1. The van der Waals surface area contributed by atoms with E-state index in [9.17, 15) is 9.90 Å². The molecular weight excluding hydrogens is 434 g/mol. The van der Waals surface area contributed by atoms with Crippen LogP contribution in [0.1, 0.15) is 39.5 Å². The summed E-state index contributed by atoms with van der Waals surface area (Å²) in [6.07, 6.45) is 1.76. The molecule has 5 rings (SSSR count). The summed E-state index contributed by atoms with van der Waals surface area (Å²) in [5.41, 5.74) is 3.87. The van der Waals surface area contributed by atoms with Crippen LogP contribution in [0.15, 0.2) is 89.5 Å². The van der Waals surface area contributed by atoms with Gasteiger partial charge in [0.15, 0.2) is 5.11 Å². The second kappa shape index (κ2) is 8.52. The topological polar surface area (TPSA) is 78.6 Å². The highest BCUT2D eigenvalue weighted by Crippen LogP contribution is 2.42. The van der Waals surface area contributed by atoms with Crippen LogP contribution in [0.5, 0.6) is 0 Å². The Hall–Kier alpha value is -3.97. The SMILES string of the molecule is Cc1ccc(N2C(=S)N[C@H](c3ccccn3)[C@@H]2c2ccc(-c3cccc(C(=O)O)c3)o2)cc1. The summed E-state index contributed by atoms with van der Waals surface area (Å²) < 4.78 is 6.30. The van der Waals surface area contributed by atoms with Crippen molar-refractivity contribution in [2.45, 2.75) is 19.0 Å². The largest absolute Gasteiger partial charge is 0.478 e. The van der Waals surface area contributed by atoms with Crippen molar-refractivity contribution in [3.8, 4) is 11.3 Å². The fraction of sp³-hybridized carbons (Fsp3) is 0.115. The Morgan fingerprint density at radius 3 is 2.61 bits per heavy atom. The maximum absolute atomic E-state index is 11.4. The van der Waals surface area contributed by atoms with Crippen molar-refractivity contribution in [3.63, 3.8) is 0 Å². The van der Waals surface area contributed by atoms with E-state index < -0.39 is 5.97 Å². The van der Waals surface area contributed by atoms with E-state index in [0.29, 0.717) is 22.2 Å². The van der Waals surface area contributed by atoms with Gasteiger partial charge < -0.3 is 19.7 Å². The van der Waals surface area contributed by atoms with Crippen molar-refractivity contribution in [3.05, 3.63) is 108 Å². The minimum absolute atomic E-state index is 0.210. The molecule has 3 heterocycles. The Morgan fingerprint density at radius 2 is 1.88 bits per heavy atom. The average Bonchev–Trinajstić information content (AvgIpc) is 3.45. The molecule has 0 radical (unpaired) electrons. The molecule has 1 aliphatic rings. The van der Waals surface area contributed by atoms with Crippen LogP contribution in [-0.4, -0.2) is 21.2 Å². The van der Waals surface area contributed by atoms with Gasteiger partial charge >= 0.3 is 5.97 Å². The van der Waals surface area contributed by atoms with Gasteiger partial charge in [0.1, 0.15) is 17.6 Å². The minimum Gasteiger partial charge on any atom is -0.478 e. The third-order valence-electron chi connectivity index (χ3n) is 5.72. The van der Waals surface area contributed by atoms with Gasteiger partial charge in [0.25, 0.3) is 0 Å². The minimum atomic E-state index is -0.977. The molecule has 1 fully saturated rings. The molecule has 2 atom stereocenters. The van der Waals surface area contributed by atoms with Gasteiger partial charge in [-0.25, -0.2) is 4.79 Å². The van der Waals surface area contributed by atoms with E-state index >= 15 is 0 Å². The van der Waals surface area contributed by atoms with Crippen molar-refractivity contribution in [1.29, 1.82) is 0 Å². The lowest BCUT2D eigenvalue weighted by atomic mass is 10.0. The quantitative estimate of drug-likeness (QED) is 0.383. The molecule has 2 aromatic heterocycles. The molecule has 0 bridgehead atoms. The van der Waals surface area contributed by atoms with Crippen molar-refractivity contribution < 1.29 is 14.3 Å². The summed E-state index contributed by atoms with van der Waals surface area (Å²) in [5.74, 6) is 0.318. The van der Waals surface area contributed by atoms with E-state index in [2.05, 4.69) is 10.3 Å². The molecule has 0 saturated carbocycles. The number of aromatic nitrogens is 1. The first-order valence-electron chi connectivity index (χ1n) is 10.5. The number of nitrogens with zero attached hydrogens (tertiary/aromatic N) is 2. The molecule has 2 N–H and O–H groups in total. The number of benzene rings is 2. The second-order valence-corrected chi connectivity index (χ2v) is 8.31. The molecule has 164 valence electrons. The van der Waals surface area contributed by atoms with Crippen LogP contribution in [0.25, 0.3) is 11.3 Å². The summed E-state index contributed by atoms with van der Waals surface area (Å²) in [5, 5.41) is 13.3. The van der Waals surface area contributed by atoms with Crippen molar-refractivity contribution in [2.75, 3.05) is 4.90 Å². The number of rotatable bonds is 5. The van der Waals surface area contributed by atoms with Gasteiger partial charge in [-0.1, -0.05) is 35.9 Å². The predicted octanol–water partition coefficient (Wildman–Crippen LogP) is 5.53. The summed E-state index contributed by atoms with van der Waals surface area (Å²) in [6.45, 7) is 2.04. The van der Waals surface area contributed by atoms with Crippen molar-refractivity contribution >= 4 is 29.0 Å². The van der Waals surface area contributed by atoms with Crippen LogP contribution in [0.4, 0.5) is 5.69 Å². The lowest BCUT2D eigenvalue weighted by Gasteiger charge is -2.26. The first-order valence-corrected chi connectivity index (χ1v) is 10.9. The Bertz CT molecular complexity index is 1320. The van der Waals surface area contributed by atoms with E-state index in [1.54, 1.807) is 24.4 Å². The lowest BCUT2D eigenvalue weighted by molar-refractivity contribution is 0.0697. The smallest absolute Gasteiger partial charge is 0.335 e. The van der Waals surface area contributed by atoms with E-state index in [4.69, 9.17) is 16.6 Å². The summed E-state index contributed by atoms with van der Waals surface area (Å²) in [6, 6.07) is 24.0. The predicted molar refractivity (Wildman–Crippen MR) is 130 cm³/mol. The van der Waals surface area contributed by atoms with Crippen LogP contribution in [0.3, 0.4) is 0 Å². The van der Waals surface area contributed by atoms with Gasteiger partial charge in [0.2, 0.25) is 0 Å². The molecule has 1 aliphatic heterocycles. The van der Waals surface area contributed by atoms with E-state index in [1.807, 2.05) is 72.5 Å². The van der Waals surface area contributed by atoms with Gasteiger partial charge in [-0.2, -0.15) is 0 Å². The van der Waals surface area contributed by atoms with E-state index in [-0.39, 0.29) is 17.6 Å². The highest BCUT2D eigenvalue weighted by molar-refractivity contribution is 7.80. The average molecular weight is 456 g/mol. The zero-order valence-electron chi connectivity index (χ0n) is 17.8. The summed E-state index contributed by atoms with van der Waals surface area (Å²) in [4.78, 5) is 18.0. The molecule has 0 spiro atoms. The van der Waals surface area contributed by atoms with E-state index in [1.165, 1.54) is 0 Å². The second-order valence-electron chi connectivity index (χ2n) is 7.92. The standard InChI is InChI=1S/C26H21N3O3S/c1-16-8-10-19(11-9-16)29-24(23(28-26(29)33)20-7-2-3-14-27-20)22-13-12-21(32-22)17-5-4-6-18(15-17)25(30)31/h2-15,23-24H,1H3,(H,28,33)(H,30,31)/t23-,24+/m1/s1.